The molecule has 0 spiro atoms. The molecule has 1 amide bonds. The van der Waals surface area contributed by atoms with Gasteiger partial charge in [-0.2, -0.15) is 0 Å². The number of benzene rings is 1. The summed E-state index contributed by atoms with van der Waals surface area (Å²) < 4.78 is 15.8. The summed E-state index contributed by atoms with van der Waals surface area (Å²) in [4.78, 5) is 16.0. The molecule has 0 bridgehead atoms. The van der Waals surface area contributed by atoms with Crippen molar-refractivity contribution in [2.24, 2.45) is 0 Å². The highest BCUT2D eigenvalue weighted by atomic mass is 35.5. The third-order valence-corrected chi connectivity index (χ3v) is 3.40. The van der Waals surface area contributed by atoms with E-state index < -0.39 is 11.7 Å². The van der Waals surface area contributed by atoms with Crippen LogP contribution in [0.4, 0.5) is 10.1 Å². The molecule has 2 aromatic heterocycles. The summed E-state index contributed by atoms with van der Waals surface area (Å²) in [5.41, 5.74) is 0.957. The highest BCUT2D eigenvalue weighted by Gasteiger charge is 2.12. The summed E-state index contributed by atoms with van der Waals surface area (Å²) in [5.74, 6) is -0.936. The number of nitrogens with zero attached hydrogens (tertiary/aromatic N) is 2. The molecule has 0 unspecified atom stereocenters. The number of halogens is 2. The molecule has 0 aliphatic carbocycles. The molecule has 6 heteroatoms. The molecule has 0 aliphatic heterocycles. The average molecular weight is 316 g/mol. The molecule has 0 saturated carbocycles. The van der Waals surface area contributed by atoms with E-state index in [-0.39, 0.29) is 10.7 Å². The third-order valence-electron chi connectivity index (χ3n) is 3.10. The summed E-state index contributed by atoms with van der Waals surface area (Å²) in [6.45, 7) is 0. The molecular weight excluding hydrogens is 305 g/mol. The van der Waals surface area contributed by atoms with Crippen LogP contribution in [-0.4, -0.2) is 15.5 Å². The van der Waals surface area contributed by atoms with Crippen LogP contribution in [0.5, 0.6) is 0 Å². The van der Waals surface area contributed by atoms with Gasteiger partial charge in [-0.05, 0) is 42.5 Å². The molecule has 1 N–H and O–H groups in total. The number of hydrogen-bond acceptors (Lipinski definition) is 2. The minimum absolute atomic E-state index is 0.181. The fourth-order valence-corrected chi connectivity index (χ4v) is 2.19. The highest BCUT2D eigenvalue weighted by molar-refractivity contribution is 6.32. The van der Waals surface area contributed by atoms with Crippen molar-refractivity contribution < 1.29 is 9.18 Å². The van der Waals surface area contributed by atoms with Gasteiger partial charge in [0.25, 0.3) is 5.91 Å². The van der Waals surface area contributed by atoms with Gasteiger partial charge in [0.1, 0.15) is 5.82 Å². The largest absolute Gasteiger partial charge is 0.321 e. The summed E-state index contributed by atoms with van der Waals surface area (Å²) in [6, 6.07) is 11.2. The van der Waals surface area contributed by atoms with Gasteiger partial charge in [0.15, 0.2) is 5.15 Å². The van der Waals surface area contributed by atoms with Gasteiger partial charge in [-0.25, -0.2) is 9.37 Å². The number of amides is 1. The smallest absolute Gasteiger partial charge is 0.255 e. The van der Waals surface area contributed by atoms with Crippen LogP contribution in [0.1, 0.15) is 10.4 Å². The minimum Gasteiger partial charge on any atom is -0.321 e. The number of pyridine rings is 1. The molecule has 110 valence electrons. The van der Waals surface area contributed by atoms with Crippen molar-refractivity contribution in [1.29, 1.82) is 0 Å². The number of nitrogens with one attached hydrogen (secondary N) is 1. The quantitative estimate of drug-likeness (QED) is 0.745. The zero-order valence-corrected chi connectivity index (χ0v) is 12.1. The second-order valence-corrected chi connectivity index (χ2v) is 4.91. The van der Waals surface area contributed by atoms with E-state index in [4.69, 9.17) is 11.6 Å². The Hall–Kier alpha value is -2.66. The molecule has 3 rings (SSSR count). The van der Waals surface area contributed by atoms with E-state index in [1.165, 1.54) is 12.3 Å². The average Bonchev–Trinajstić information content (AvgIpc) is 3.03. The molecule has 2 heterocycles. The second-order valence-electron chi connectivity index (χ2n) is 4.55. The van der Waals surface area contributed by atoms with E-state index in [0.29, 0.717) is 11.4 Å². The zero-order chi connectivity index (χ0) is 15.5. The van der Waals surface area contributed by atoms with Crippen molar-refractivity contribution in [3.8, 4) is 5.69 Å². The van der Waals surface area contributed by atoms with Gasteiger partial charge < -0.3 is 9.88 Å². The Labute approximate surface area is 131 Å². The molecule has 1 aromatic carbocycles. The Balaban J connectivity index is 1.85. The number of hydrogen-bond donors (Lipinski definition) is 1. The van der Waals surface area contributed by atoms with Crippen molar-refractivity contribution in [3.63, 3.8) is 0 Å². The van der Waals surface area contributed by atoms with Gasteiger partial charge in [0.2, 0.25) is 0 Å². The Morgan fingerprint density at radius 1 is 1.18 bits per heavy atom. The first kappa shape index (κ1) is 14.3. The second kappa shape index (κ2) is 5.99. The zero-order valence-electron chi connectivity index (χ0n) is 11.3. The lowest BCUT2D eigenvalue weighted by molar-refractivity contribution is 0.102. The maximum absolute atomic E-state index is 14.2. The van der Waals surface area contributed by atoms with Gasteiger partial charge in [0.05, 0.1) is 11.4 Å². The van der Waals surface area contributed by atoms with E-state index in [1.54, 1.807) is 53.4 Å². The van der Waals surface area contributed by atoms with Crippen LogP contribution < -0.4 is 5.32 Å². The molecule has 0 aliphatic rings. The van der Waals surface area contributed by atoms with Gasteiger partial charge in [-0.15, -0.1) is 0 Å². The first-order chi connectivity index (χ1) is 10.6. The molecule has 4 nitrogen and oxygen atoms in total. The molecule has 22 heavy (non-hydrogen) atoms. The Kier molecular flexibility index (Phi) is 3.89. The van der Waals surface area contributed by atoms with Crippen LogP contribution in [-0.2, 0) is 0 Å². The molecule has 0 saturated heterocycles. The van der Waals surface area contributed by atoms with Crippen molar-refractivity contribution in [2.45, 2.75) is 0 Å². The van der Waals surface area contributed by atoms with Crippen molar-refractivity contribution in [2.75, 3.05) is 5.32 Å². The molecule has 3 aromatic rings. The van der Waals surface area contributed by atoms with Gasteiger partial charge in [-0.3, -0.25) is 4.79 Å². The maximum Gasteiger partial charge on any atom is 0.255 e. The van der Waals surface area contributed by atoms with Crippen LogP contribution in [0.25, 0.3) is 5.69 Å². The molecule has 0 fully saturated rings. The summed E-state index contributed by atoms with van der Waals surface area (Å²) >= 11 is 5.88. The monoisotopic (exact) mass is 315 g/mol. The lowest BCUT2D eigenvalue weighted by Crippen LogP contribution is -2.13. The predicted octanol–water partition coefficient (Wildman–Crippen LogP) is 3.92. The van der Waals surface area contributed by atoms with E-state index >= 15 is 0 Å². The van der Waals surface area contributed by atoms with Crippen LogP contribution in [0, 0.1) is 5.82 Å². The maximum atomic E-state index is 14.2. The Morgan fingerprint density at radius 3 is 2.64 bits per heavy atom. The van der Waals surface area contributed by atoms with Crippen molar-refractivity contribution in [3.05, 3.63) is 77.6 Å². The SMILES string of the molecule is O=C(Nc1cccnc1Cl)c1ccc(-n2cccc2)c(F)c1. The first-order valence-electron chi connectivity index (χ1n) is 6.50. The van der Waals surface area contributed by atoms with Crippen LogP contribution in [0.3, 0.4) is 0 Å². The number of carbonyl (C=O) groups excluding carboxylic acids is 1. The van der Waals surface area contributed by atoms with E-state index in [2.05, 4.69) is 10.3 Å². The molecule has 0 atom stereocenters. The fourth-order valence-electron chi connectivity index (χ4n) is 2.03. The predicted molar refractivity (Wildman–Crippen MR) is 82.9 cm³/mol. The van der Waals surface area contributed by atoms with Gasteiger partial charge in [-0.1, -0.05) is 11.6 Å². The molecule has 0 radical (unpaired) electrons. The van der Waals surface area contributed by atoms with Gasteiger partial charge in [0, 0.05) is 24.2 Å². The Morgan fingerprint density at radius 2 is 1.95 bits per heavy atom. The first-order valence-corrected chi connectivity index (χ1v) is 6.88. The third kappa shape index (κ3) is 2.84. The van der Waals surface area contributed by atoms with Crippen molar-refractivity contribution in [1.82, 2.24) is 9.55 Å². The number of rotatable bonds is 3. The van der Waals surface area contributed by atoms with E-state index in [9.17, 15) is 9.18 Å². The van der Waals surface area contributed by atoms with E-state index in [0.717, 1.165) is 0 Å². The number of aromatic nitrogens is 2. The van der Waals surface area contributed by atoms with Crippen LogP contribution in [0.2, 0.25) is 5.15 Å². The standard InChI is InChI=1S/C16H11ClFN3O/c17-15-13(4-3-7-19-15)20-16(22)11-5-6-14(12(18)10-11)21-8-1-2-9-21/h1-10H,(H,20,22). The fraction of sp³-hybridized carbons (Fsp3) is 0. The van der Waals surface area contributed by atoms with Crippen molar-refractivity contribution >= 4 is 23.2 Å². The Bertz CT molecular complexity index is 818. The summed E-state index contributed by atoms with van der Waals surface area (Å²) in [6.07, 6.45) is 4.98. The summed E-state index contributed by atoms with van der Waals surface area (Å²) in [5, 5.41) is 2.78. The lowest BCUT2D eigenvalue weighted by atomic mass is 10.1. The van der Waals surface area contributed by atoms with E-state index in [1.807, 2.05) is 0 Å². The summed E-state index contributed by atoms with van der Waals surface area (Å²) in [7, 11) is 0. The minimum atomic E-state index is -0.485. The molecular formula is C16H11ClFN3O. The normalized spacial score (nSPS) is 10.5. The topological polar surface area (TPSA) is 46.9 Å². The number of anilines is 1. The van der Waals surface area contributed by atoms with Gasteiger partial charge >= 0.3 is 0 Å². The van der Waals surface area contributed by atoms with Crippen LogP contribution >= 0.6 is 11.6 Å². The van der Waals surface area contributed by atoms with Crippen LogP contribution in [0.15, 0.2) is 61.1 Å². The lowest BCUT2D eigenvalue weighted by Gasteiger charge is -2.09. The highest BCUT2D eigenvalue weighted by Crippen LogP contribution is 2.20. The number of carbonyl (C=O) groups is 1.